The Morgan fingerprint density at radius 1 is 1.00 bits per heavy atom. The molecule has 0 aliphatic heterocycles. The van der Waals surface area contributed by atoms with Gasteiger partial charge in [-0.05, 0) is 55.3 Å². The molecule has 0 spiro atoms. The minimum atomic E-state index is -4.66. The van der Waals surface area contributed by atoms with Crippen LogP contribution < -0.4 is 10.5 Å². The van der Waals surface area contributed by atoms with Crippen LogP contribution in [0, 0.1) is 6.92 Å². The lowest BCUT2D eigenvalue weighted by Crippen LogP contribution is -2.30. The zero-order valence-corrected chi connectivity index (χ0v) is 20.5. The van der Waals surface area contributed by atoms with E-state index >= 15 is 0 Å². The fraction of sp³-hybridized carbons (Fsp3) is 0.154. The van der Waals surface area contributed by atoms with Crippen molar-refractivity contribution < 1.29 is 26.4 Å². The second-order valence-electron chi connectivity index (χ2n) is 8.41. The number of nitrogens with two attached hydrogens (primary N) is 1. The van der Waals surface area contributed by atoms with E-state index in [2.05, 4.69) is 5.10 Å². The van der Waals surface area contributed by atoms with Gasteiger partial charge in [0.25, 0.3) is 10.0 Å². The third-order valence-electron chi connectivity index (χ3n) is 5.66. The zero-order chi connectivity index (χ0) is 26.8. The summed E-state index contributed by atoms with van der Waals surface area (Å²) in [6.07, 6.45) is -4.50. The topological polar surface area (TPSA) is 107 Å². The average molecular weight is 529 g/mol. The van der Waals surface area contributed by atoms with Crippen molar-refractivity contribution in [3.05, 3.63) is 95.7 Å². The highest BCUT2D eigenvalue weighted by atomic mass is 32.2. The molecule has 4 rings (SSSR count). The van der Waals surface area contributed by atoms with Crippen molar-refractivity contribution in [3.8, 4) is 16.9 Å². The molecule has 1 heterocycles. The summed E-state index contributed by atoms with van der Waals surface area (Å²) in [7, 11) is -4.20. The highest BCUT2D eigenvalue weighted by molar-refractivity contribution is 7.90. The minimum Gasteiger partial charge on any atom is -0.399 e. The fourth-order valence-electron chi connectivity index (χ4n) is 3.68. The number of aryl methyl sites for hydroxylation is 2. The van der Waals surface area contributed by atoms with Gasteiger partial charge < -0.3 is 5.73 Å². The van der Waals surface area contributed by atoms with E-state index in [0.29, 0.717) is 11.3 Å². The van der Waals surface area contributed by atoms with Gasteiger partial charge in [-0.25, -0.2) is 17.8 Å². The number of aromatic nitrogens is 2. The number of hydrogen-bond donors (Lipinski definition) is 2. The minimum absolute atomic E-state index is 0.0983. The molecule has 192 valence electrons. The molecule has 0 aliphatic rings. The van der Waals surface area contributed by atoms with Crippen molar-refractivity contribution in [2.75, 3.05) is 5.73 Å². The highest BCUT2D eigenvalue weighted by Crippen LogP contribution is 2.33. The van der Waals surface area contributed by atoms with Gasteiger partial charge in [-0.3, -0.25) is 4.79 Å². The van der Waals surface area contributed by atoms with E-state index in [1.807, 2.05) is 11.6 Å². The largest absolute Gasteiger partial charge is 0.435 e. The van der Waals surface area contributed by atoms with E-state index in [1.165, 1.54) is 24.3 Å². The molecule has 0 aliphatic carbocycles. The Balaban J connectivity index is 1.56. The number of nitrogens with zero attached hydrogens (tertiary/aromatic N) is 2. The van der Waals surface area contributed by atoms with Gasteiger partial charge in [0.05, 0.1) is 16.3 Å². The molecule has 7 nitrogen and oxygen atoms in total. The molecule has 1 aromatic heterocycles. The van der Waals surface area contributed by atoms with E-state index in [1.54, 1.807) is 48.5 Å². The number of amides is 1. The lowest BCUT2D eigenvalue weighted by atomic mass is 10.1. The molecule has 1 amide bonds. The fourth-order valence-corrected chi connectivity index (χ4v) is 4.70. The number of carbonyl (C=O) groups excluding carboxylic acids is 1. The van der Waals surface area contributed by atoms with Gasteiger partial charge in [-0.15, -0.1) is 0 Å². The van der Waals surface area contributed by atoms with Crippen LogP contribution >= 0.6 is 0 Å². The quantitative estimate of drug-likeness (QED) is 0.332. The molecule has 4 aromatic rings. The molecular weight excluding hydrogens is 505 g/mol. The van der Waals surface area contributed by atoms with Crippen molar-refractivity contribution in [1.82, 2.24) is 14.5 Å². The van der Waals surface area contributed by atoms with E-state index in [-0.39, 0.29) is 29.1 Å². The Bertz CT molecular complexity index is 1530. The predicted octanol–water partition coefficient (Wildman–Crippen LogP) is 4.89. The number of benzene rings is 3. The van der Waals surface area contributed by atoms with Gasteiger partial charge in [0.15, 0.2) is 5.69 Å². The van der Waals surface area contributed by atoms with Crippen LogP contribution in [0.3, 0.4) is 0 Å². The summed E-state index contributed by atoms with van der Waals surface area (Å²) >= 11 is 0. The number of nitrogen functional groups attached to an aromatic ring is 1. The van der Waals surface area contributed by atoms with Crippen LogP contribution in [0.4, 0.5) is 18.9 Å². The summed E-state index contributed by atoms with van der Waals surface area (Å²) in [6, 6.07) is 19.9. The summed E-state index contributed by atoms with van der Waals surface area (Å²) < 4.78 is 68.7. The maximum absolute atomic E-state index is 13.4. The van der Waals surface area contributed by atoms with Gasteiger partial charge in [-0.2, -0.15) is 18.3 Å². The van der Waals surface area contributed by atoms with Gasteiger partial charge in [0.2, 0.25) is 5.91 Å². The summed E-state index contributed by atoms with van der Waals surface area (Å²) in [6.45, 7) is 1.86. The Labute approximate surface area is 211 Å². The smallest absolute Gasteiger partial charge is 0.399 e. The number of anilines is 1. The summed E-state index contributed by atoms with van der Waals surface area (Å²) in [5, 5.41) is 3.71. The van der Waals surface area contributed by atoms with Crippen molar-refractivity contribution in [1.29, 1.82) is 0 Å². The molecule has 0 atom stereocenters. The first-order valence-electron chi connectivity index (χ1n) is 11.2. The van der Waals surface area contributed by atoms with E-state index in [0.717, 1.165) is 21.9 Å². The summed E-state index contributed by atoms with van der Waals surface area (Å²) in [5.41, 5.74) is 7.86. The van der Waals surface area contributed by atoms with Crippen LogP contribution in [-0.2, 0) is 27.4 Å². The van der Waals surface area contributed by atoms with E-state index in [4.69, 9.17) is 5.73 Å². The molecule has 0 radical (unpaired) electrons. The van der Waals surface area contributed by atoms with Crippen molar-refractivity contribution in [3.63, 3.8) is 0 Å². The van der Waals surface area contributed by atoms with Gasteiger partial charge in [-0.1, -0.05) is 48.0 Å². The number of nitrogens with one attached hydrogen (secondary N) is 1. The number of carbonyl (C=O) groups is 1. The number of alkyl halides is 3. The molecule has 3 aromatic carbocycles. The standard InChI is InChI=1S/C26H23F3N4O3S/c1-17-6-8-19(9-7-17)23-16-24(26(27,28)29)31-33(23)20-11-13-21(14-12-20)37(35,36)32-25(34)15-10-18-4-2-3-5-22(18)30/h2-9,11-14,16H,10,15,30H2,1H3,(H,32,34). The van der Waals surface area contributed by atoms with Crippen LogP contribution in [0.25, 0.3) is 16.9 Å². The van der Waals surface area contributed by atoms with Crippen LogP contribution in [0.1, 0.15) is 23.2 Å². The molecule has 3 N–H and O–H groups in total. The molecular formula is C26H23F3N4O3S. The Morgan fingerprint density at radius 3 is 2.27 bits per heavy atom. The Hall–Kier alpha value is -4.12. The molecule has 0 saturated heterocycles. The lowest BCUT2D eigenvalue weighted by molar-refractivity contribution is -0.141. The first kappa shape index (κ1) is 26.0. The number of sulfonamides is 1. The summed E-state index contributed by atoms with van der Waals surface area (Å²) in [5.74, 6) is -0.712. The van der Waals surface area contributed by atoms with Crippen LogP contribution in [0.5, 0.6) is 0 Å². The van der Waals surface area contributed by atoms with Crippen molar-refractivity contribution in [2.45, 2.75) is 30.8 Å². The van der Waals surface area contributed by atoms with Crippen LogP contribution in [0.15, 0.2) is 83.8 Å². The Morgan fingerprint density at radius 2 is 1.65 bits per heavy atom. The maximum Gasteiger partial charge on any atom is 0.435 e. The van der Waals surface area contributed by atoms with Gasteiger partial charge in [0.1, 0.15) is 0 Å². The zero-order valence-electron chi connectivity index (χ0n) is 19.7. The normalized spacial score (nSPS) is 11.9. The number of hydrogen-bond acceptors (Lipinski definition) is 5. The SMILES string of the molecule is Cc1ccc(-c2cc(C(F)(F)F)nn2-c2ccc(S(=O)(=O)NC(=O)CCc3ccccc3N)cc2)cc1. The van der Waals surface area contributed by atoms with Crippen LogP contribution in [0.2, 0.25) is 0 Å². The predicted molar refractivity (Wildman–Crippen MR) is 133 cm³/mol. The third-order valence-corrected chi connectivity index (χ3v) is 7.05. The average Bonchev–Trinajstić information content (AvgIpc) is 3.30. The van der Waals surface area contributed by atoms with Crippen molar-refractivity contribution >= 4 is 21.6 Å². The molecule has 0 fully saturated rings. The van der Waals surface area contributed by atoms with E-state index < -0.39 is 27.8 Å². The molecule has 0 bridgehead atoms. The monoisotopic (exact) mass is 528 g/mol. The van der Waals surface area contributed by atoms with Crippen molar-refractivity contribution in [2.24, 2.45) is 0 Å². The first-order chi connectivity index (χ1) is 17.4. The third kappa shape index (κ3) is 6.00. The maximum atomic E-state index is 13.4. The second-order valence-corrected chi connectivity index (χ2v) is 10.1. The molecule has 11 heteroatoms. The molecule has 37 heavy (non-hydrogen) atoms. The van der Waals surface area contributed by atoms with Gasteiger partial charge >= 0.3 is 6.18 Å². The van der Waals surface area contributed by atoms with E-state index in [9.17, 15) is 26.4 Å². The molecule has 0 saturated carbocycles. The number of halogens is 3. The molecule has 0 unspecified atom stereocenters. The highest BCUT2D eigenvalue weighted by Gasteiger charge is 2.35. The van der Waals surface area contributed by atoms with Crippen LogP contribution in [-0.4, -0.2) is 24.1 Å². The first-order valence-corrected chi connectivity index (χ1v) is 12.7. The number of para-hydroxylation sites is 1. The summed E-state index contributed by atoms with van der Waals surface area (Å²) in [4.78, 5) is 12.1. The number of rotatable bonds is 7. The second kappa shape index (κ2) is 10.1. The Kier molecular flexibility index (Phi) is 7.08. The van der Waals surface area contributed by atoms with Gasteiger partial charge in [0, 0.05) is 17.7 Å². The lowest BCUT2D eigenvalue weighted by Gasteiger charge is -2.11.